The van der Waals surface area contributed by atoms with Crippen molar-refractivity contribution in [2.24, 2.45) is 0 Å². The molecule has 0 fully saturated rings. The maximum Gasteiger partial charge on any atom is 0.0702 e. The molecule has 1 aromatic heterocycles. The summed E-state index contributed by atoms with van der Waals surface area (Å²) in [5, 5.41) is 4.49. The average molecular weight is 214 g/mol. The quantitative estimate of drug-likeness (QED) is 0.846. The lowest BCUT2D eigenvalue weighted by Crippen LogP contribution is -2.21. The minimum absolute atomic E-state index is 0.562. The van der Waals surface area contributed by atoms with E-state index in [0.29, 0.717) is 6.04 Å². The van der Waals surface area contributed by atoms with Gasteiger partial charge in [-0.3, -0.25) is 4.98 Å². The molecule has 2 aromatic rings. The van der Waals surface area contributed by atoms with Crippen LogP contribution >= 0.6 is 0 Å². The standard InChI is InChI=1S/C14H18N2/c1-11(15-2)7-8-12-9-13-5-3-4-6-14(13)16-10-12/h3-6,9-11,15H,7-8H2,1-2H3. The average Bonchev–Trinajstić information content (AvgIpc) is 2.35. The van der Waals surface area contributed by atoms with Gasteiger partial charge in [-0.2, -0.15) is 0 Å². The number of benzene rings is 1. The van der Waals surface area contributed by atoms with Gasteiger partial charge in [0.25, 0.3) is 0 Å². The van der Waals surface area contributed by atoms with Crippen LogP contribution in [0.2, 0.25) is 0 Å². The van der Waals surface area contributed by atoms with Crippen molar-refractivity contribution in [1.29, 1.82) is 0 Å². The number of pyridine rings is 1. The Morgan fingerprint density at radius 1 is 1.31 bits per heavy atom. The first-order valence-corrected chi connectivity index (χ1v) is 5.80. The number of aryl methyl sites for hydroxylation is 1. The van der Waals surface area contributed by atoms with Crippen LogP contribution in [0.15, 0.2) is 36.5 Å². The second-order valence-electron chi connectivity index (χ2n) is 4.26. The Kier molecular flexibility index (Phi) is 3.52. The van der Waals surface area contributed by atoms with E-state index in [4.69, 9.17) is 0 Å². The van der Waals surface area contributed by atoms with Crippen LogP contribution in [0.25, 0.3) is 10.9 Å². The van der Waals surface area contributed by atoms with Gasteiger partial charge in [-0.15, -0.1) is 0 Å². The van der Waals surface area contributed by atoms with Crippen LogP contribution in [0.1, 0.15) is 18.9 Å². The Morgan fingerprint density at radius 2 is 2.12 bits per heavy atom. The number of rotatable bonds is 4. The summed E-state index contributed by atoms with van der Waals surface area (Å²) in [5.74, 6) is 0. The molecule has 0 aliphatic carbocycles. The highest BCUT2D eigenvalue weighted by Gasteiger charge is 2.01. The highest BCUT2D eigenvalue weighted by molar-refractivity contribution is 5.78. The Morgan fingerprint density at radius 3 is 2.94 bits per heavy atom. The molecule has 84 valence electrons. The van der Waals surface area contributed by atoms with Gasteiger partial charge in [0.15, 0.2) is 0 Å². The van der Waals surface area contributed by atoms with E-state index in [1.807, 2.05) is 19.3 Å². The SMILES string of the molecule is CNC(C)CCc1cnc2ccccc2c1. The third kappa shape index (κ3) is 2.58. The van der Waals surface area contributed by atoms with Gasteiger partial charge < -0.3 is 5.32 Å². The first kappa shape index (κ1) is 11.1. The summed E-state index contributed by atoms with van der Waals surface area (Å²) in [7, 11) is 2.00. The van der Waals surface area contributed by atoms with Crippen molar-refractivity contribution in [1.82, 2.24) is 10.3 Å². The van der Waals surface area contributed by atoms with E-state index in [2.05, 4.69) is 41.5 Å². The Bertz CT molecular complexity index is 465. The predicted octanol–water partition coefficient (Wildman–Crippen LogP) is 2.78. The van der Waals surface area contributed by atoms with E-state index in [9.17, 15) is 0 Å². The zero-order chi connectivity index (χ0) is 11.4. The van der Waals surface area contributed by atoms with Crippen molar-refractivity contribution in [3.8, 4) is 0 Å². The summed E-state index contributed by atoms with van der Waals surface area (Å²) in [6.45, 7) is 2.20. The number of fused-ring (bicyclic) bond motifs is 1. The number of aromatic nitrogens is 1. The largest absolute Gasteiger partial charge is 0.317 e. The van der Waals surface area contributed by atoms with Crippen LogP contribution in [-0.2, 0) is 6.42 Å². The Balaban J connectivity index is 2.13. The monoisotopic (exact) mass is 214 g/mol. The summed E-state index contributed by atoms with van der Waals surface area (Å²) in [6.07, 6.45) is 4.22. The molecule has 16 heavy (non-hydrogen) atoms. The van der Waals surface area contributed by atoms with Crippen molar-refractivity contribution in [3.63, 3.8) is 0 Å². The van der Waals surface area contributed by atoms with E-state index < -0.39 is 0 Å². The highest BCUT2D eigenvalue weighted by Crippen LogP contribution is 2.14. The van der Waals surface area contributed by atoms with E-state index >= 15 is 0 Å². The molecular formula is C14H18N2. The lowest BCUT2D eigenvalue weighted by atomic mass is 10.1. The van der Waals surface area contributed by atoms with Crippen LogP contribution in [-0.4, -0.2) is 18.1 Å². The predicted molar refractivity (Wildman–Crippen MR) is 68.6 cm³/mol. The van der Waals surface area contributed by atoms with Gasteiger partial charge in [0.2, 0.25) is 0 Å². The van der Waals surface area contributed by atoms with Crippen LogP contribution in [0.4, 0.5) is 0 Å². The molecular weight excluding hydrogens is 196 g/mol. The second kappa shape index (κ2) is 5.08. The fraction of sp³-hybridized carbons (Fsp3) is 0.357. The summed E-state index contributed by atoms with van der Waals surface area (Å²) >= 11 is 0. The molecule has 0 aliphatic rings. The van der Waals surface area contributed by atoms with Gasteiger partial charge in [-0.25, -0.2) is 0 Å². The molecule has 0 saturated heterocycles. The van der Waals surface area contributed by atoms with Crippen molar-refractivity contribution in [2.75, 3.05) is 7.05 Å². The zero-order valence-electron chi connectivity index (χ0n) is 9.90. The molecule has 2 nitrogen and oxygen atoms in total. The van der Waals surface area contributed by atoms with Gasteiger partial charge in [0.1, 0.15) is 0 Å². The summed E-state index contributed by atoms with van der Waals surface area (Å²) < 4.78 is 0. The van der Waals surface area contributed by atoms with E-state index in [1.165, 1.54) is 10.9 Å². The first-order chi connectivity index (χ1) is 7.79. The maximum atomic E-state index is 4.46. The van der Waals surface area contributed by atoms with E-state index in [1.54, 1.807) is 0 Å². The molecule has 1 aromatic carbocycles. The molecule has 1 heterocycles. The van der Waals surface area contributed by atoms with Gasteiger partial charge in [0, 0.05) is 17.6 Å². The molecule has 1 unspecified atom stereocenters. The molecule has 0 radical (unpaired) electrons. The Hall–Kier alpha value is -1.41. The normalized spacial score (nSPS) is 12.9. The van der Waals surface area contributed by atoms with Crippen LogP contribution in [0, 0.1) is 0 Å². The summed E-state index contributed by atoms with van der Waals surface area (Å²) in [4.78, 5) is 4.46. The van der Waals surface area contributed by atoms with Crippen LogP contribution < -0.4 is 5.32 Å². The van der Waals surface area contributed by atoms with Crippen molar-refractivity contribution in [3.05, 3.63) is 42.1 Å². The molecule has 0 saturated carbocycles. The molecule has 0 spiro atoms. The molecule has 2 rings (SSSR count). The molecule has 0 amide bonds. The number of hydrogen-bond acceptors (Lipinski definition) is 2. The molecule has 0 bridgehead atoms. The lowest BCUT2D eigenvalue weighted by Gasteiger charge is -2.09. The minimum Gasteiger partial charge on any atom is -0.317 e. The minimum atomic E-state index is 0.562. The second-order valence-corrected chi connectivity index (χ2v) is 4.26. The van der Waals surface area contributed by atoms with E-state index in [0.717, 1.165) is 18.4 Å². The summed E-state index contributed by atoms with van der Waals surface area (Å²) in [6, 6.07) is 11.1. The highest BCUT2D eigenvalue weighted by atomic mass is 14.8. The molecule has 1 atom stereocenters. The van der Waals surface area contributed by atoms with Gasteiger partial charge in [-0.05, 0) is 44.5 Å². The van der Waals surface area contributed by atoms with Crippen molar-refractivity contribution in [2.45, 2.75) is 25.8 Å². The van der Waals surface area contributed by atoms with Crippen LogP contribution in [0.5, 0.6) is 0 Å². The first-order valence-electron chi connectivity index (χ1n) is 5.80. The topological polar surface area (TPSA) is 24.9 Å². The Labute approximate surface area is 96.7 Å². The lowest BCUT2D eigenvalue weighted by molar-refractivity contribution is 0.565. The van der Waals surface area contributed by atoms with Crippen molar-refractivity contribution < 1.29 is 0 Å². The molecule has 1 N–H and O–H groups in total. The fourth-order valence-electron chi connectivity index (χ4n) is 1.78. The zero-order valence-corrected chi connectivity index (χ0v) is 9.90. The number of nitrogens with zero attached hydrogens (tertiary/aromatic N) is 1. The third-order valence-corrected chi connectivity index (χ3v) is 3.01. The number of para-hydroxylation sites is 1. The van der Waals surface area contributed by atoms with Gasteiger partial charge in [0.05, 0.1) is 5.52 Å². The van der Waals surface area contributed by atoms with Crippen LogP contribution in [0.3, 0.4) is 0 Å². The molecule has 0 aliphatic heterocycles. The summed E-state index contributed by atoms with van der Waals surface area (Å²) in [5.41, 5.74) is 2.40. The van der Waals surface area contributed by atoms with E-state index in [-0.39, 0.29) is 0 Å². The van der Waals surface area contributed by atoms with Crippen molar-refractivity contribution >= 4 is 10.9 Å². The number of hydrogen-bond donors (Lipinski definition) is 1. The maximum absolute atomic E-state index is 4.46. The smallest absolute Gasteiger partial charge is 0.0702 e. The third-order valence-electron chi connectivity index (χ3n) is 3.01. The van der Waals surface area contributed by atoms with Gasteiger partial charge >= 0.3 is 0 Å². The van der Waals surface area contributed by atoms with Gasteiger partial charge in [-0.1, -0.05) is 18.2 Å². The molecule has 2 heteroatoms. The fourth-order valence-corrected chi connectivity index (χ4v) is 1.78. The number of nitrogens with one attached hydrogen (secondary N) is 1.